The van der Waals surface area contributed by atoms with Crippen molar-refractivity contribution in [3.63, 3.8) is 0 Å². The Labute approximate surface area is 550 Å². The maximum absolute atomic E-state index is 2.58. The molecule has 92 heavy (non-hydrogen) atoms. The van der Waals surface area contributed by atoms with Gasteiger partial charge in [0.15, 0.2) is 0 Å². The summed E-state index contributed by atoms with van der Waals surface area (Å²) in [5, 5.41) is 7.07. The average Bonchev–Trinajstić information content (AvgIpc) is 0.699. The van der Waals surface area contributed by atoms with Crippen LogP contribution in [0.2, 0.25) is 0 Å². The zero-order valence-corrected chi connectivity index (χ0v) is 58.4. The molecule has 0 saturated heterocycles. The highest BCUT2D eigenvalue weighted by Gasteiger charge is 2.33. The normalized spacial score (nSPS) is 12.3. The van der Waals surface area contributed by atoms with E-state index in [1.165, 1.54) is 99.1 Å². The third-order valence-corrected chi connectivity index (χ3v) is 19.4. The smallest absolute Gasteiger partial charge is 0.0561 e. The Morgan fingerprint density at radius 2 is 0.370 bits per heavy atom. The second-order valence-electron chi connectivity index (χ2n) is 30.4. The van der Waals surface area contributed by atoms with Gasteiger partial charge in [-0.2, -0.15) is 0 Å². The van der Waals surface area contributed by atoms with E-state index in [0.717, 1.165) is 68.2 Å². The van der Waals surface area contributed by atoms with Gasteiger partial charge in [0.2, 0.25) is 0 Å². The maximum Gasteiger partial charge on any atom is 0.0561 e. The summed E-state index contributed by atoms with van der Waals surface area (Å²) >= 11 is 0. The van der Waals surface area contributed by atoms with Crippen molar-refractivity contribution < 1.29 is 0 Å². The molecule has 466 valence electrons. The van der Waals surface area contributed by atoms with Crippen LogP contribution >= 0.6 is 0 Å². The highest BCUT2D eigenvalue weighted by molar-refractivity contribution is 6.33. The minimum absolute atomic E-state index is 0.0422. The first-order valence-corrected chi connectivity index (χ1v) is 33.2. The summed E-state index contributed by atoms with van der Waals surface area (Å²) in [7, 11) is 0. The molecule has 4 nitrogen and oxygen atoms in total. The highest BCUT2D eigenvalue weighted by Crippen LogP contribution is 2.57. The van der Waals surface area contributed by atoms with E-state index in [1.807, 2.05) is 0 Å². The Balaban J connectivity index is 1.33. The van der Waals surface area contributed by atoms with Crippen LogP contribution < -0.4 is 19.6 Å². The van der Waals surface area contributed by atoms with Gasteiger partial charge in [0, 0.05) is 77.8 Å². The molecule has 12 rings (SSSR count). The Morgan fingerprint density at radius 3 is 0.543 bits per heavy atom. The van der Waals surface area contributed by atoms with E-state index >= 15 is 0 Å². The van der Waals surface area contributed by atoms with E-state index in [9.17, 15) is 0 Å². The Hall–Kier alpha value is -9.12. The number of benzene rings is 12. The molecule has 0 unspecified atom stereocenters. The zero-order chi connectivity index (χ0) is 65.7. The molecular weight excluding hydrogens is 1110 g/mol. The van der Waals surface area contributed by atoms with Crippen molar-refractivity contribution in [2.45, 2.75) is 160 Å². The summed E-state index contributed by atoms with van der Waals surface area (Å²) in [4.78, 5) is 10.3. The van der Waals surface area contributed by atoms with Crippen LogP contribution in [0.5, 0.6) is 0 Å². The van der Waals surface area contributed by atoms with Crippen molar-refractivity contribution in [1.29, 1.82) is 0 Å². The highest BCUT2D eigenvalue weighted by atomic mass is 15.2. The lowest BCUT2D eigenvalue weighted by atomic mass is 9.85. The first-order valence-electron chi connectivity index (χ1n) is 33.2. The minimum Gasteiger partial charge on any atom is -0.309 e. The van der Waals surface area contributed by atoms with Crippen LogP contribution in [0.3, 0.4) is 0 Å². The van der Waals surface area contributed by atoms with Gasteiger partial charge < -0.3 is 19.6 Å². The van der Waals surface area contributed by atoms with Gasteiger partial charge in [-0.1, -0.05) is 229 Å². The van der Waals surface area contributed by atoms with Crippen molar-refractivity contribution in [1.82, 2.24) is 0 Å². The predicted molar refractivity (Wildman–Crippen MR) is 402 cm³/mol. The quantitative estimate of drug-likeness (QED) is 0.113. The number of aryl methyl sites for hydroxylation is 8. The molecule has 0 bridgehead atoms. The second-order valence-corrected chi connectivity index (χ2v) is 30.4. The van der Waals surface area contributed by atoms with Crippen LogP contribution in [-0.2, 0) is 21.7 Å². The molecule has 0 aliphatic carbocycles. The number of rotatable bonds is 12. The molecule has 0 heterocycles. The van der Waals surface area contributed by atoms with Gasteiger partial charge in [-0.05, 0) is 204 Å². The van der Waals surface area contributed by atoms with Crippen molar-refractivity contribution in [3.05, 3.63) is 273 Å². The van der Waals surface area contributed by atoms with Crippen molar-refractivity contribution >= 4 is 101 Å². The molecule has 0 aliphatic heterocycles. The Morgan fingerprint density at radius 1 is 0.185 bits per heavy atom. The monoisotopic (exact) mass is 1210 g/mol. The van der Waals surface area contributed by atoms with Crippen LogP contribution in [-0.4, -0.2) is 0 Å². The molecule has 0 atom stereocenters. The van der Waals surface area contributed by atoms with E-state index in [0.29, 0.717) is 0 Å². The largest absolute Gasteiger partial charge is 0.309 e. The lowest BCUT2D eigenvalue weighted by molar-refractivity contribution is 0.589. The molecule has 0 fully saturated rings. The van der Waals surface area contributed by atoms with Gasteiger partial charge in [0.1, 0.15) is 0 Å². The van der Waals surface area contributed by atoms with Gasteiger partial charge in [-0.15, -0.1) is 0 Å². The van der Waals surface area contributed by atoms with Crippen LogP contribution in [0.1, 0.15) is 150 Å². The summed E-state index contributed by atoms with van der Waals surface area (Å²) in [5.74, 6) is 0. The number of anilines is 12. The number of hydrogen-bond donors (Lipinski definition) is 0. The Bertz CT molecular complexity index is 4200. The van der Waals surface area contributed by atoms with E-state index < -0.39 is 0 Å². The first kappa shape index (κ1) is 63.0. The molecular formula is C88H94N4. The second kappa shape index (κ2) is 23.5. The van der Waals surface area contributed by atoms with Crippen LogP contribution in [0.25, 0.3) is 32.3 Å². The van der Waals surface area contributed by atoms with Crippen molar-refractivity contribution in [3.8, 4) is 0 Å². The van der Waals surface area contributed by atoms with Gasteiger partial charge >= 0.3 is 0 Å². The average molecular weight is 1210 g/mol. The van der Waals surface area contributed by atoms with Gasteiger partial charge in [0.25, 0.3) is 0 Å². The molecule has 0 amide bonds. The SMILES string of the molecule is Cc1ccccc1N(c1ccc(C(C)(C)C)cc1C)c1cc(N(c2ccccc2C)c2ccc(C(C)(C)C)cc2C)c2ccc3c(N(c4ccccc4C)c4ccc(C(C)(C)C)cc4C)cc(N(c4ccccc4C)c4ccc(C(C)(C)C)cc4C)c4ccc1c2c43. The molecule has 0 saturated carbocycles. The van der Waals surface area contributed by atoms with E-state index in [2.05, 4.69) is 364 Å². The topological polar surface area (TPSA) is 13.0 Å². The van der Waals surface area contributed by atoms with Crippen LogP contribution in [0.15, 0.2) is 206 Å². The van der Waals surface area contributed by atoms with Crippen LogP contribution in [0.4, 0.5) is 68.2 Å². The minimum atomic E-state index is -0.0422. The Kier molecular flexibility index (Phi) is 16.1. The van der Waals surface area contributed by atoms with E-state index in [1.54, 1.807) is 0 Å². The summed E-state index contributed by atoms with van der Waals surface area (Å²) in [6.45, 7) is 46.1. The molecule has 4 heteroatoms. The third-order valence-electron chi connectivity index (χ3n) is 19.4. The number of nitrogens with zero attached hydrogens (tertiary/aromatic N) is 4. The molecule has 12 aromatic carbocycles. The molecule has 0 aliphatic rings. The fourth-order valence-electron chi connectivity index (χ4n) is 14.0. The predicted octanol–water partition coefficient (Wildman–Crippen LogP) is 26.1. The van der Waals surface area contributed by atoms with Gasteiger partial charge in [-0.25, -0.2) is 0 Å². The van der Waals surface area contributed by atoms with Gasteiger partial charge in [-0.3, -0.25) is 0 Å². The fourth-order valence-corrected chi connectivity index (χ4v) is 14.0. The summed E-state index contributed by atoms with van der Waals surface area (Å²) < 4.78 is 0. The summed E-state index contributed by atoms with van der Waals surface area (Å²) in [6, 6.07) is 79.3. The lowest BCUT2D eigenvalue weighted by Gasteiger charge is -2.36. The molecule has 12 aromatic rings. The summed E-state index contributed by atoms with van der Waals surface area (Å²) in [5.41, 5.74) is 28.2. The zero-order valence-electron chi connectivity index (χ0n) is 58.4. The molecule has 0 spiro atoms. The number of para-hydroxylation sites is 4. The van der Waals surface area contributed by atoms with Crippen molar-refractivity contribution in [2.75, 3.05) is 19.6 Å². The van der Waals surface area contributed by atoms with E-state index in [4.69, 9.17) is 0 Å². The standard InChI is InChI=1S/C88H94N4/c1-55-29-21-25-33-71(55)89(75-45-37-63(49-59(75)5)85(9,10)11)79-53-80(90(72-34-26-22-30-56(72)2)76-46-38-64(50-60(76)6)86(12,13)14)68-43-44-70-82(92(74-36-28-24-32-58(74)4)78-48-40-66(52-62(78)8)88(18,19)20)54-81(69-42-41-67(79)83(68)84(69)70)91(73-35-27-23-31-57(73)3)77-47-39-65(51-61(77)7)87(15,16)17/h21-54H,1-20H3. The molecule has 0 radical (unpaired) electrons. The van der Waals surface area contributed by atoms with E-state index in [-0.39, 0.29) is 21.7 Å². The maximum atomic E-state index is 2.58. The summed E-state index contributed by atoms with van der Waals surface area (Å²) in [6.07, 6.45) is 0. The lowest BCUT2D eigenvalue weighted by Crippen LogP contribution is -2.19. The third kappa shape index (κ3) is 11.4. The van der Waals surface area contributed by atoms with Gasteiger partial charge in [0.05, 0.1) is 22.7 Å². The van der Waals surface area contributed by atoms with Crippen LogP contribution in [0, 0.1) is 55.4 Å². The first-order chi connectivity index (χ1) is 43.5. The fraction of sp³-hybridized carbons (Fsp3) is 0.273. The molecule has 0 aromatic heterocycles. The molecule has 0 N–H and O–H groups in total. The number of hydrogen-bond acceptors (Lipinski definition) is 4. The van der Waals surface area contributed by atoms with Crippen molar-refractivity contribution in [2.24, 2.45) is 0 Å².